The molecule has 174 valence electrons. The molecule has 0 radical (unpaired) electrons. The highest BCUT2D eigenvalue weighted by atomic mass is 35.5. The molecule has 1 saturated heterocycles. The van der Waals surface area contributed by atoms with Gasteiger partial charge >= 0.3 is 0 Å². The summed E-state index contributed by atoms with van der Waals surface area (Å²) in [5.74, 6) is -4.25. The van der Waals surface area contributed by atoms with Crippen LogP contribution in [0.5, 0.6) is 0 Å². The summed E-state index contributed by atoms with van der Waals surface area (Å²) < 4.78 is 40.3. The Kier molecular flexibility index (Phi) is 6.29. The summed E-state index contributed by atoms with van der Waals surface area (Å²) in [4.78, 5) is 44.8. The third-order valence-corrected chi connectivity index (χ3v) is 6.36. The van der Waals surface area contributed by atoms with E-state index in [0.717, 1.165) is 11.0 Å². The average Bonchev–Trinajstić information content (AvgIpc) is 3.18. The number of benzene rings is 1. The molecule has 3 atom stereocenters. The number of carbonyl (C=O) groups excluding carboxylic acids is 3. The van der Waals surface area contributed by atoms with Gasteiger partial charge in [0, 0.05) is 30.3 Å². The molecule has 2 aliphatic rings. The number of nitrogens with two attached hydrogens (primary N) is 1. The topological polar surface area (TPSA) is 96.6 Å². The Hall–Kier alpha value is -3.14. The molecule has 2 aromatic rings. The van der Waals surface area contributed by atoms with Gasteiger partial charge in [-0.25, -0.2) is 18.2 Å². The number of rotatable bonds is 5. The van der Waals surface area contributed by atoms with Crippen molar-refractivity contribution in [2.45, 2.75) is 31.9 Å². The molecule has 3 unspecified atom stereocenters. The minimum atomic E-state index is -2.62. The molecule has 2 N–H and O–H groups in total. The highest BCUT2D eigenvalue weighted by molar-refractivity contribution is 6.30. The first kappa shape index (κ1) is 23.0. The number of primary amides is 1. The van der Waals surface area contributed by atoms with Gasteiger partial charge < -0.3 is 10.6 Å². The van der Waals surface area contributed by atoms with Crippen LogP contribution in [0.25, 0.3) is 0 Å². The van der Waals surface area contributed by atoms with Crippen LogP contribution < -0.4 is 10.6 Å². The lowest BCUT2D eigenvalue weighted by Crippen LogP contribution is -2.42. The molecular weight excluding hydrogens is 461 g/mol. The van der Waals surface area contributed by atoms with Crippen molar-refractivity contribution in [2.75, 3.05) is 11.4 Å². The summed E-state index contributed by atoms with van der Waals surface area (Å²) in [6, 6.07) is 5.84. The van der Waals surface area contributed by atoms with Gasteiger partial charge in [-0.1, -0.05) is 35.9 Å². The Balaban J connectivity index is 1.69. The van der Waals surface area contributed by atoms with E-state index in [2.05, 4.69) is 4.98 Å². The van der Waals surface area contributed by atoms with Crippen molar-refractivity contribution in [1.82, 2.24) is 9.88 Å². The molecule has 1 aliphatic carbocycles. The van der Waals surface area contributed by atoms with Crippen molar-refractivity contribution in [3.63, 3.8) is 0 Å². The van der Waals surface area contributed by atoms with Crippen molar-refractivity contribution in [3.05, 3.63) is 58.5 Å². The van der Waals surface area contributed by atoms with Crippen LogP contribution in [0.1, 0.15) is 30.4 Å². The van der Waals surface area contributed by atoms with Gasteiger partial charge in [0.15, 0.2) is 11.6 Å². The van der Waals surface area contributed by atoms with Crippen LogP contribution in [0.3, 0.4) is 0 Å². The number of halogens is 4. The zero-order valence-electron chi connectivity index (χ0n) is 17.3. The Bertz CT molecular complexity index is 1100. The molecule has 3 amide bonds. The number of fused-ring (bicyclic) bond motifs is 1. The number of aromatic nitrogens is 1. The Morgan fingerprint density at radius 1 is 1.21 bits per heavy atom. The van der Waals surface area contributed by atoms with Crippen LogP contribution in [0.15, 0.2) is 36.5 Å². The third kappa shape index (κ3) is 4.52. The Labute approximate surface area is 192 Å². The van der Waals surface area contributed by atoms with Gasteiger partial charge in [-0.3, -0.25) is 19.3 Å². The standard InChI is InChI=1S/C22H20ClF3N4O3/c23-14-7-16(24)21(28-8-14)30-10-18(31)29(9-11-1-3-12(4-2-11)19(25)26)17-6-13(20(27)32)5-15(17)22(30)33/h1-4,7-8,13,15,17,19H,5-6,9-10H2,(H2,27,32). The van der Waals surface area contributed by atoms with Gasteiger partial charge in [0.25, 0.3) is 6.43 Å². The second kappa shape index (κ2) is 9.01. The highest BCUT2D eigenvalue weighted by Gasteiger charge is 2.49. The van der Waals surface area contributed by atoms with Gasteiger partial charge in [0.05, 0.1) is 10.9 Å². The van der Waals surface area contributed by atoms with Gasteiger partial charge in [-0.15, -0.1) is 0 Å². The molecule has 1 saturated carbocycles. The summed E-state index contributed by atoms with van der Waals surface area (Å²) >= 11 is 5.76. The van der Waals surface area contributed by atoms with Crippen molar-refractivity contribution in [1.29, 1.82) is 0 Å². The van der Waals surface area contributed by atoms with Crippen LogP contribution in [-0.2, 0) is 20.9 Å². The number of alkyl halides is 2. The molecule has 1 aromatic carbocycles. The zero-order chi connectivity index (χ0) is 23.9. The van der Waals surface area contributed by atoms with Crippen LogP contribution in [-0.4, -0.2) is 40.2 Å². The number of carbonyl (C=O) groups is 3. The molecule has 2 heterocycles. The Morgan fingerprint density at radius 3 is 2.52 bits per heavy atom. The summed E-state index contributed by atoms with van der Waals surface area (Å²) in [5, 5.41) is 0.0336. The summed E-state index contributed by atoms with van der Waals surface area (Å²) in [5.41, 5.74) is 5.90. The number of nitrogens with zero attached hydrogens (tertiary/aromatic N) is 3. The maximum absolute atomic E-state index is 14.6. The van der Waals surface area contributed by atoms with E-state index in [1.807, 2.05) is 0 Å². The average molecular weight is 481 g/mol. The van der Waals surface area contributed by atoms with Gasteiger partial charge in [-0.05, 0) is 24.5 Å². The fourth-order valence-corrected chi connectivity index (χ4v) is 4.65. The van der Waals surface area contributed by atoms with E-state index in [4.69, 9.17) is 17.3 Å². The predicted octanol–water partition coefficient (Wildman–Crippen LogP) is 3.07. The maximum atomic E-state index is 14.6. The molecule has 1 aliphatic heterocycles. The smallest absolute Gasteiger partial charge is 0.263 e. The predicted molar refractivity (Wildman–Crippen MR) is 113 cm³/mol. The second-order valence-electron chi connectivity index (χ2n) is 8.19. The zero-order valence-corrected chi connectivity index (χ0v) is 18.0. The lowest BCUT2D eigenvalue weighted by Gasteiger charge is -2.29. The minimum Gasteiger partial charge on any atom is -0.369 e. The highest BCUT2D eigenvalue weighted by Crippen LogP contribution is 2.39. The van der Waals surface area contributed by atoms with E-state index in [1.165, 1.54) is 35.4 Å². The maximum Gasteiger partial charge on any atom is 0.263 e. The molecular formula is C22H20ClF3N4O3. The first-order valence-corrected chi connectivity index (χ1v) is 10.6. The molecule has 1 aromatic heterocycles. The number of hydrogen-bond acceptors (Lipinski definition) is 4. The quantitative estimate of drug-likeness (QED) is 0.711. The first-order chi connectivity index (χ1) is 15.7. The largest absolute Gasteiger partial charge is 0.369 e. The van der Waals surface area contributed by atoms with Crippen molar-refractivity contribution < 1.29 is 27.6 Å². The van der Waals surface area contributed by atoms with E-state index < -0.39 is 54.4 Å². The molecule has 33 heavy (non-hydrogen) atoms. The van der Waals surface area contributed by atoms with E-state index in [0.29, 0.717) is 5.56 Å². The Morgan fingerprint density at radius 2 is 1.91 bits per heavy atom. The van der Waals surface area contributed by atoms with Crippen LogP contribution in [0.4, 0.5) is 19.0 Å². The first-order valence-electron chi connectivity index (χ1n) is 10.2. The summed E-state index contributed by atoms with van der Waals surface area (Å²) in [6.45, 7) is -0.430. The van der Waals surface area contributed by atoms with Crippen LogP contribution in [0, 0.1) is 17.7 Å². The lowest BCUT2D eigenvalue weighted by atomic mass is 10.00. The number of hydrogen-bond donors (Lipinski definition) is 1. The summed E-state index contributed by atoms with van der Waals surface area (Å²) in [7, 11) is 0. The molecule has 7 nitrogen and oxygen atoms in total. The van der Waals surface area contributed by atoms with Crippen molar-refractivity contribution >= 4 is 35.1 Å². The normalized spacial score (nSPS) is 23.1. The molecule has 0 bridgehead atoms. The monoisotopic (exact) mass is 480 g/mol. The SMILES string of the molecule is NC(=O)C1CC2C(=O)N(c3ncc(Cl)cc3F)CC(=O)N(Cc3ccc(C(F)F)cc3)C2C1. The third-order valence-electron chi connectivity index (χ3n) is 6.16. The van der Waals surface area contributed by atoms with Crippen LogP contribution in [0.2, 0.25) is 5.02 Å². The van der Waals surface area contributed by atoms with E-state index in [9.17, 15) is 27.6 Å². The second-order valence-corrected chi connectivity index (χ2v) is 8.63. The van der Waals surface area contributed by atoms with Gasteiger partial charge in [0.2, 0.25) is 17.7 Å². The van der Waals surface area contributed by atoms with Crippen molar-refractivity contribution in [2.24, 2.45) is 17.6 Å². The number of anilines is 1. The van der Waals surface area contributed by atoms with E-state index in [-0.39, 0.29) is 35.8 Å². The molecule has 2 fully saturated rings. The van der Waals surface area contributed by atoms with E-state index >= 15 is 0 Å². The summed E-state index contributed by atoms with van der Waals surface area (Å²) in [6.07, 6.45) is -1.17. The van der Waals surface area contributed by atoms with Crippen molar-refractivity contribution in [3.8, 4) is 0 Å². The number of amides is 3. The fourth-order valence-electron chi connectivity index (χ4n) is 4.50. The molecule has 11 heteroatoms. The van der Waals surface area contributed by atoms with Gasteiger partial charge in [0.1, 0.15) is 6.54 Å². The fraction of sp³-hybridized carbons (Fsp3) is 0.364. The van der Waals surface area contributed by atoms with E-state index in [1.54, 1.807) is 0 Å². The lowest BCUT2D eigenvalue weighted by molar-refractivity contribution is -0.133. The molecule has 4 rings (SSSR count). The molecule has 0 spiro atoms. The minimum absolute atomic E-state index is 0.0336. The van der Waals surface area contributed by atoms with Crippen LogP contribution >= 0.6 is 11.6 Å². The number of pyridine rings is 1. The van der Waals surface area contributed by atoms with Gasteiger partial charge in [-0.2, -0.15) is 0 Å².